The molecule has 0 heterocycles. The Labute approximate surface area is 243 Å². The van der Waals surface area contributed by atoms with Crippen molar-refractivity contribution in [1.82, 2.24) is 10.2 Å². The zero-order valence-electron chi connectivity index (χ0n) is 22.6. The van der Waals surface area contributed by atoms with Crippen molar-refractivity contribution in [2.45, 2.75) is 50.3 Å². The fraction of sp³-hybridized carbons (Fsp3) is 0.310. The van der Waals surface area contributed by atoms with Crippen LogP contribution in [0, 0.1) is 0 Å². The quantitative estimate of drug-likeness (QED) is 0.278. The molecule has 0 radical (unpaired) electrons. The van der Waals surface area contributed by atoms with Crippen molar-refractivity contribution >= 4 is 39.1 Å². The first-order valence-corrected chi connectivity index (χ1v) is 14.8. The van der Waals surface area contributed by atoms with Gasteiger partial charge in [-0.05, 0) is 54.8 Å². The number of hydrogen-bond acceptors (Lipinski definition) is 4. The van der Waals surface area contributed by atoms with E-state index in [1.165, 1.54) is 35.2 Å². The molecule has 12 heteroatoms. The molecule has 0 aliphatic carbocycles. The molecule has 0 bridgehead atoms. The molecule has 1 N–H and O–H groups in total. The summed E-state index contributed by atoms with van der Waals surface area (Å²) in [6.07, 6.45) is -3.90. The lowest BCUT2D eigenvalue weighted by Gasteiger charge is -2.33. The lowest BCUT2D eigenvalue weighted by molar-refractivity contribution is -0.140. The van der Waals surface area contributed by atoms with Crippen LogP contribution in [0.2, 0.25) is 5.02 Å². The molecule has 0 aliphatic heterocycles. The summed E-state index contributed by atoms with van der Waals surface area (Å²) in [5, 5.41) is 3.10. The Morgan fingerprint density at radius 1 is 0.951 bits per heavy atom. The average molecular weight is 610 g/mol. The molecule has 0 fully saturated rings. The highest BCUT2D eigenvalue weighted by Gasteiger charge is 2.36. The molecule has 2 amide bonds. The van der Waals surface area contributed by atoms with E-state index in [0.29, 0.717) is 33.9 Å². The minimum atomic E-state index is -4.75. The van der Waals surface area contributed by atoms with Crippen LogP contribution in [0.1, 0.15) is 37.8 Å². The third-order valence-corrected chi connectivity index (χ3v) is 8.46. The smallest absolute Gasteiger partial charge is 0.354 e. The fourth-order valence-corrected chi connectivity index (χ4v) is 5.80. The minimum Gasteiger partial charge on any atom is -0.354 e. The average Bonchev–Trinajstić information content (AvgIpc) is 2.95. The van der Waals surface area contributed by atoms with E-state index < -0.39 is 46.2 Å². The number of carbonyl (C=O) groups is 2. The van der Waals surface area contributed by atoms with E-state index in [-0.39, 0.29) is 23.5 Å². The largest absolute Gasteiger partial charge is 0.416 e. The van der Waals surface area contributed by atoms with Gasteiger partial charge >= 0.3 is 6.18 Å². The maximum absolute atomic E-state index is 14.0. The number of sulfonamides is 1. The van der Waals surface area contributed by atoms with Gasteiger partial charge in [-0.3, -0.25) is 13.9 Å². The zero-order valence-corrected chi connectivity index (χ0v) is 24.1. The van der Waals surface area contributed by atoms with E-state index in [1.807, 2.05) is 6.92 Å². The third kappa shape index (κ3) is 8.01. The molecule has 41 heavy (non-hydrogen) atoms. The van der Waals surface area contributed by atoms with E-state index in [1.54, 1.807) is 37.3 Å². The third-order valence-electron chi connectivity index (χ3n) is 6.31. The van der Waals surface area contributed by atoms with Gasteiger partial charge in [-0.15, -0.1) is 0 Å². The van der Waals surface area contributed by atoms with Crippen LogP contribution in [-0.2, 0) is 32.3 Å². The molecular weight excluding hydrogens is 579 g/mol. The van der Waals surface area contributed by atoms with Gasteiger partial charge in [0.1, 0.15) is 12.6 Å². The fourth-order valence-electron chi connectivity index (χ4n) is 4.18. The molecule has 0 saturated carbocycles. The molecule has 0 aliphatic rings. The van der Waals surface area contributed by atoms with Gasteiger partial charge in [0.15, 0.2) is 0 Å². The highest BCUT2D eigenvalue weighted by atomic mass is 35.5. The maximum Gasteiger partial charge on any atom is 0.416 e. The summed E-state index contributed by atoms with van der Waals surface area (Å²) in [4.78, 5) is 28.0. The topological polar surface area (TPSA) is 86.8 Å². The lowest BCUT2D eigenvalue weighted by atomic mass is 10.1. The van der Waals surface area contributed by atoms with Gasteiger partial charge in [0.25, 0.3) is 10.0 Å². The zero-order chi connectivity index (χ0) is 30.2. The van der Waals surface area contributed by atoms with Crippen molar-refractivity contribution < 1.29 is 31.2 Å². The SMILES string of the molecule is CCCNC(=O)[C@H](CC)N(Cc1ccccc1Cl)C(=O)CN(c1cccc(C(F)(F)F)c1)S(=O)(=O)c1ccccc1. The molecule has 0 unspecified atom stereocenters. The predicted octanol–water partition coefficient (Wildman–Crippen LogP) is 5.89. The van der Waals surface area contributed by atoms with Crippen LogP contribution in [0.3, 0.4) is 0 Å². The Bertz CT molecular complexity index is 1450. The Kier molecular flexibility index (Phi) is 10.8. The normalized spacial score (nSPS) is 12.4. The van der Waals surface area contributed by atoms with Crippen LogP contribution in [0.25, 0.3) is 0 Å². The summed E-state index contributed by atoms with van der Waals surface area (Å²) in [7, 11) is -4.50. The molecule has 220 valence electrons. The number of nitrogens with one attached hydrogen (secondary N) is 1. The number of carbonyl (C=O) groups excluding carboxylic acids is 2. The van der Waals surface area contributed by atoms with E-state index in [4.69, 9.17) is 11.6 Å². The van der Waals surface area contributed by atoms with Gasteiger partial charge in [0, 0.05) is 18.1 Å². The monoisotopic (exact) mass is 609 g/mol. The Hall–Kier alpha value is -3.57. The molecule has 3 aromatic carbocycles. The maximum atomic E-state index is 14.0. The van der Waals surface area contributed by atoms with Crippen LogP contribution in [0.4, 0.5) is 18.9 Å². The number of hydrogen-bond donors (Lipinski definition) is 1. The molecule has 0 saturated heterocycles. The highest BCUT2D eigenvalue weighted by Crippen LogP contribution is 2.33. The van der Waals surface area contributed by atoms with Crippen LogP contribution in [0.5, 0.6) is 0 Å². The van der Waals surface area contributed by atoms with Gasteiger partial charge in [-0.1, -0.05) is 67.9 Å². The predicted molar refractivity (Wildman–Crippen MR) is 152 cm³/mol. The van der Waals surface area contributed by atoms with Crippen molar-refractivity contribution in [3.63, 3.8) is 0 Å². The second kappa shape index (κ2) is 13.9. The van der Waals surface area contributed by atoms with Crippen LogP contribution < -0.4 is 9.62 Å². The number of amides is 2. The molecule has 0 spiro atoms. The van der Waals surface area contributed by atoms with Crippen molar-refractivity contribution in [3.8, 4) is 0 Å². The number of benzene rings is 3. The molecular formula is C29H31ClF3N3O4S. The standard InChI is InChI=1S/C29H31ClF3N3O4S/c1-3-17-34-28(38)26(4-2)35(19-21-11-8-9-16-25(21)30)27(37)20-36(41(39,40)24-14-6-5-7-15-24)23-13-10-12-22(18-23)29(31,32)33/h5-16,18,26H,3-4,17,19-20H2,1-2H3,(H,34,38)/t26-/m0/s1. The van der Waals surface area contributed by atoms with Gasteiger partial charge in [0.05, 0.1) is 16.1 Å². The molecule has 0 aromatic heterocycles. The number of rotatable bonds is 12. The summed E-state index contributed by atoms with van der Waals surface area (Å²) >= 11 is 6.35. The van der Waals surface area contributed by atoms with Crippen molar-refractivity contribution in [3.05, 3.63) is 95.0 Å². The summed E-state index contributed by atoms with van der Waals surface area (Å²) < 4.78 is 68.8. The van der Waals surface area contributed by atoms with Crippen molar-refractivity contribution in [1.29, 1.82) is 0 Å². The summed E-state index contributed by atoms with van der Waals surface area (Å²) in [6, 6.07) is 16.5. The van der Waals surface area contributed by atoms with Gasteiger partial charge in [-0.25, -0.2) is 8.42 Å². The van der Waals surface area contributed by atoms with Crippen molar-refractivity contribution in [2.24, 2.45) is 0 Å². The highest BCUT2D eigenvalue weighted by molar-refractivity contribution is 7.92. The Balaban J connectivity index is 2.11. The molecule has 3 aromatic rings. The number of anilines is 1. The Morgan fingerprint density at radius 2 is 1.61 bits per heavy atom. The second-order valence-corrected chi connectivity index (χ2v) is 11.5. The summed E-state index contributed by atoms with van der Waals surface area (Å²) in [6.45, 7) is 2.95. The molecule has 1 atom stereocenters. The van der Waals surface area contributed by atoms with Crippen LogP contribution in [0.15, 0.2) is 83.8 Å². The number of halogens is 4. The van der Waals surface area contributed by atoms with Crippen LogP contribution >= 0.6 is 11.6 Å². The number of alkyl halides is 3. The van der Waals surface area contributed by atoms with Gasteiger partial charge in [-0.2, -0.15) is 13.2 Å². The Morgan fingerprint density at radius 3 is 2.22 bits per heavy atom. The molecule has 7 nitrogen and oxygen atoms in total. The lowest BCUT2D eigenvalue weighted by Crippen LogP contribution is -2.52. The first-order valence-electron chi connectivity index (χ1n) is 13.0. The van der Waals surface area contributed by atoms with Crippen molar-refractivity contribution in [2.75, 3.05) is 17.4 Å². The number of nitrogens with zero attached hydrogens (tertiary/aromatic N) is 2. The van der Waals surface area contributed by atoms with E-state index in [0.717, 1.165) is 12.1 Å². The summed E-state index contributed by atoms with van der Waals surface area (Å²) in [5.74, 6) is -1.23. The van der Waals surface area contributed by atoms with Crippen LogP contribution in [-0.4, -0.2) is 44.3 Å². The second-order valence-electron chi connectivity index (χ2n) is 9.20. The van der Waals surface area contributed by atoms with Gasteiger partial charge in [0.2, 0.25) is 11.8 Å². The van der Waals surface area contributed by atoms with E-state index in [2.05, 4.69) is 5.32 Å². The summed E-state index contributed by atoms with van der Waals surface area (Å²) in [5.41, 5.74) is -0.909. The molecule has 3 rings (SSSR count). The van der Waals surface area contributed by atoms with Gasteiger partial charge < -0.3 is 10.2 Å². The van der Waals surface area contributed by atoms with E-state index in [9.17, 15) is 31.2 Å². The first-order chi connectivity index (χ1) is 19.4. The first kappa shape index (κ1) is 32.0. The van der Waals surface area contributed by atoms with E-state index >= 15 is 0 Å². The minimum absolute atomic E-state index is 0.127.